The highest BCUT2D eigenvalue weighted by Crippen LogP contribution is 2.39. The lowest BCUT2D eigenvalue weighted by atomic mass is 9.61. The highest BCUT2D eigenvalue weighted by molar-refractivity contribution is 7.28. The minimum absolute atomic E-state index is 0.00793. The molecule has 81 heavy (non-hydrogen) atoms. The Hall–Kier alpha value is -6.76. The maximum atomic E-state index is 7.18. The molecule has 3 aromatic heterocycles. The predicted octanol–water partition coefficient (Wildman–Crippen LogP) is -7.58. The number of benzene rings is 9. The van der Waals surface area contributed by atoms with E-state index in [1.807, 2.05) is 54.6 Å². The lowest BCUT2D eigenvalue weighted by Crippen LogP contribution is -2.56. The van der Waals surface area contributed by atoms with E-state index in [0.717, 1.165) is 33.4 Å². The zero-order chi connectivity index (χ0) is 57.5. The Bertz CT molecular complexity index is 4730. The standard InChI is InChI=1S/C57H17B19N4S/c58-31-26-25-29(34(61)39(66)45(72)50(25)80(51(26)46(73)41(68)37(31)64)52-47(74)42(69)40(67)43(70)48(52)75)56-77-55(78-57(79-56)30-35(62)36(63)32(59)27-28-33(60)38(65)44(71)49(76)54(28)81-53(27)30)20-14-12-19(13-15-20)22-9-5-11-24(17-22)23-10-4-8-21(16-23)18-6-2-1-3-7-18/h1-17H. The summed E-state index contributed by atoms with van der Waals surface area (Å²) in [6.07, 6.45) is 0. The van der Waals surface area contributed by atoms with Gasteiger partial charge in [0.05, 0.1) is 0 Å². The van der Waals surface area contributed by atoms with E-state index in [1.165, 1.54) is 15.9 Å². The van der Waals surface area contributed by atoms with Crippen molar-refractivity contribution >= 4 is 306 Å². The van der Waals surface area contributed by atoms with Gasteiger partial charge >= 0.3 is 0 Å². The van der Waals surface area contributed by atoms with Crippen molar-refractivity contribution in [2.24, 2.45) is 0 Å². The van der Waals surface area contributed by atoms with Crippen LogP contribution in [0.1, 0.15) is 0 Å². The van der Waals surface area contributed by atoms with Crippen LogP contribution in [-0.4, -0.2) is 169 Å². The van der Waals surface area contributed by atoms with Crippen LogP contribution in [0.4, 0.5) is 0 Å². The first-order valence-corrected chi connectivity index (χ1v) is 25.6. The van der Waals surface area contributed by atoms with E-state index in [-0.39, 0.29) is 160 Å². The Morgan fingerprint density at radius 2 is 0.617 bits per heavy atom. The summed E-state index contributed by atoms with van der Waals surface area (Å²) >= 11 is 1.18. The molecule has 24 heteroatoms. The van der Waals surface area contributed by atoms with Gasteiger partial charge in [-0.2, -0.15) is 0 Å². The van der Waals surface area contributed by atoms with Crippen LogP contribution in [-0.2, 0) is 0 Å². The molecule has 0 aliphatic heterocycles. The van der Waals surface area contributed by atoms with Gasteiger partial charge in [0.2, 0.25) is 0 Å². The molecule has 38 radical (unpaired) electrons. The Kier molecular flexibility index (Phi) is 13.7. The minimum atomic E-state index is -0.126. The fraction of sp³-hybridized carbons (Fsp3) is 0. The fourth-order valence-electron chi connectivity index (χ4n) is 10.8. The fourth-order valence-corrected chi connectivity index (χ4v) is 12.1. The first-order chi connectivity index (χ1) is 38.6. The van der Waals surface area contributed by atoms with E-state index in [9.17, 15) is 0 Å². The zero-order valence-electron chi connectivity index (χ0n) is 43.0. The molecule has 0 amide bonds. The van der Waals surface area contributed by atoms with Crippen LogP contribution in [0.3, 0.4) is 0 Å². The van der Waals surface area contributed by atoms with Crippen LogP contribution >= 0.6 is 11.3 Å². The molecule has 0 saturated carbocycles. The SMILES string of the molecule is [B]c1c([B])c([B])c(-n2c3c([B])c([B])c([B])c([B])c3c3c(-c4nc(-c5ccc(-c6cccc(-c7cccc(-c8ccccc8)c7)c6)cc5)nc(-c5c([B])c([B])c([B])c6c5sc5c([B])c([B])c([B])c([B])c56)n4)c([B])c([B])c([B])c32)c([B])c1[B]. The topological polar surface area (TPSA) is 43.6 Å². The van der Waals surface area contributed by atoms with Crippen LogP contribution in [0.2, 0.25) is 0 Å². The van der Waals surface area contributed by atoms with E-state index >= 15 is 0 Å². The monoisotopic (exact) mass is 998 g/mol. The molecule has 4 nitrogen and oxygen atoms in total. The molecule has 0 bridgehead atoms. The molecular formula is C57H17B19N4S. The largest absolute Gasteiger partial charge is 0.312 e. The predicted molar refractivity (Wildman–Crippen MR) is 362 cm³/mol. The number of thiophene rings is 1. The summed E-state index contributed by atoms with van der Waals surface area (Å²) in [6, 6.07) is 34.5. The molecular weight excluding hydrogens is 978 g/mol. The molecule has 3 heterocycles. The molecule has 0 fully saturated rings. The van der Waals surface area contributed by atoms with Crippen molar-refractivity contribution < 1.29 is 0 Å². The third-order valence-corrected chi connectivity index (χ3v) is 16.4. The summed E-state index contributed by atoms with van der Waals surface area (Å²) in [5.74, 6) is 0.0268. The average Bonchev–Trinajstić information content (AvgIpc) is 2.50. The molecule has 0 atom stereocenters. The van der Waals surface area contributed by atoms with Gasteiger partial charge in [0.15, 0.2) is 17.5 Å². The summed E-state index contributed by atoms with van der Waals surface area (Å²) in [6.45, 7) is 0. The molecule has 328 valence electrons. The van der Waals surface area contributed by atoms with E-state index in [0.29, 0.717) is 25.7 Å². The van der Waals surface area contributed by atoms with Crippen molar-refractivity contribution in [1.29, 1.82) is 0 Å². The summed E-state index contributed by atoms with van der Waals surface area (Å²) < 4.78 is 2.38. The van der Waals surface area contributed by atoms with Gasteiger partial charge in [0.25, 0.3) is 0 Å². The Labute approximate surface area is 498 Å². The molecule has 0 N–H and O–H groups in total. The van der Waals surface area contributed by atoms with Crippen LogP contribution in [0.5, 0.6) is 0 Å². The van der Waals surface area contributed by atoms with E-state index in [1.54, 1.807) is 0 Å². The summed E-state index contributed by atoms with van der Waals surface area (Å²) in [4.78, 5) is 15.5. The Morgan fingerprint density at radius 3 is 1.17 bits per heavy atom. The van der Waals surface area contributed by atoms with Crippen LogP contribution in [0.25, 0.3) is 115 Å². The molecule has 12 aromatic rings. The van der Waals surface area contributed by atoms with Crippen molar-refractivity contribution in [2.75, 3.05) is 0 Å². The second kappa shape index (κ2) is 20.3. The first-order valence-electron chi connectivity index (χ1n) is 24.8. The summed E-state index contributed by atoms with van der Waals surface area (Å²) in [5, 5.41) is 1.13. The zero-order valence-corrected chi connectivity index (χ0v) is 43.8. The van der Waals surface area contributed by atoms with E-state index in [2.05, 4.69) is 48.5 Å². The van der Waals surface area contributed by atoms with E-state index < -0.39 is 0 Å². The molecule has 0 unspecified atom stereocenters. The second-order valence-corrected chi connectivity index (χ2v) is 20.7. The van der Waals surface area contributed by atoms with Gasteiger partial charge in [0, 0.05) is 53.6 Å². The molecule has 0 aliphatic carbocycles. The van der Waals surface area contributed by atoms with Gasteiger partial charge < -0.3 is 4.57 Å². The van der Waals surface area contributed by atoms with Crippen molar-refractivity contribution in [1.82, 2.24) is 19.5 Å². The molecule has 9 aromatic carbocycles. The number of nitrogens with zero attached hydrogens (tertiary/aromatic N) is 4. The third-order valence-electron chi connectivity index (χ3n) is 15.2. The first kappa shape index (κ1) is 54.8. The lowest BCUT2D eigenvalue weighted by Gasteiger charge is -2.25. The summed E-state index contributed by atoms with van der Waals surface area (Å²) in [5.41, 5.74) is 6.67. The van der Waals surface area contributed by atoms with Gasteiger partial charge in [-0.25, -0.2) is 15.0 Å². The van der Waals surface area contributed by atoms with Gasteiger partial charge in [-0.15, -0.1) is 60.5 Å². The van der Waals surface area contributed by atoms with Crippen molar-refractivity contribution in [3.05, 3.63) is 103 Å². The van der Waals surface area contributed by atoms with Crippen molar-refractivity contribution in [2.45, 2.75) is 0 Å². The lowest BCUT2D eigenvalue weighted by molar-refractivity contribution is 1.08. The van der Waals surface area contributed by atoms with Crippen LogP contribution < -0.4 is 104 Å². The quantitative estimate of drug-likeness (QED) is 0.150. The van der Waals surface area contributed by atoms with Crippen LogP contribution in [0.15, 0.2) is 103 Å². The maximum Gasteiger partial charge on any atom is 0.164 e. The van der Waals surface area contributed by atoms with Gasteiger partial charge in [-0.3, -0.25) is 0 Å². The normalized spacial score (nSPS) is 11.7. The van der Waals surface area contributed by atoms with Gasteiger partial charge in [-0.1, -0.05) is 146 Å². The molecule has 0 spiro atoms. The Morgan fingerprint density at radius 1 is 0.259 bits per heavy atom. The van der Waals surface area contributed by atoms with Crippen molar-refractivity contribution in [3.8, 4) is 73.2 Å². The third kappa shape index (κ3) is 8.33. The van der Waals surface area contributed by atoms with Gasteiger partial charge in [0.1, 0.15) is 149 Å². The average molecular weight is 995 g/mol. The highest BCUT2D eigenvalue weighted by Gasteiger charge is 2.30. The molecule has 0 saturated heterocycles. The number of fused-ring (bicyclic) bond motifs is 6. The number of hydrogen-bond donors (Lipinski definition) is 0. The highest BCUT2D eigenvalue weighted by atomic mass is 32.1. The van der Waals surface area contributed by atoms with E-state index in [4.69, 9.17) is 164 Å². The van der Waals surface area contributed by atoms with Gasteiger partial charge in [-0.05, 0) is 56.3 Å². The van der Waals surface area contributed by atoms with Crippen LogP contribution in [0, 0.1) is 0 Å². The summed E-state index contributed by atoms with van der Waals surface area (Å²) in [7, 11) is 128. The maximum absolute atomic E-state index is 7.18. The smallest absolute Gasteiger partial charge is 0.164 e. The second-order valence-electron chi connectivity index (χ2n) is 19.7. The minimum Gasteiger partial charge on any atom is -0.312 e. The number of rotatable bonds is 7. The van der Waals surface area contributed by atoms with Crippen molar-refractivity contribution in [3.63, 3.8) is 0 Å². The number of hydrogen-bond acceptors (Lipinski definition) is 4. The number of aromatic nitrogens is 4. The Balaban J connectivity index is 1.15. The molecule has 12 rings (SSSR count). The molecule has 0 aliphatic rings.